The number of ether oxygens (including phenoxy) is 1. The molecule has 2 nitrogen and oxygen atoms in total. The van der Waals surface area contributed by atoms with E-state index in [-0.39, 0.29) is 0 Å². The van der Waals surface area contributed by atoms with Gasteiger partial charge in [-0.25, -0.2) is 0 Å². The first-order valence-electron chi connectivity index (χ1n) is 6.79. The molecule has 2 rings (SSSR count). The molecule has 1 aliphatic heterocycles. The Morgan fingerprint density at radius 2 is 2.28 bits per heavy atom. The summed E-state index contributed by atoms with van der Waals surface area (Å²) in [6.45, 7) is 5.09. The van der Waals surface area contributed by atoms with Crippen LogP contribution in [0.1, 0.15) is 31.2 Å². The van der Waals surface area contributed by atoms with E-state index in [1.165, 1.54) is 18.4 Å². The third-order valence-electron chi connectivity index (χ3n) is 3.50. The number of alkyl halides is 1. The molecule has 2 unspecified atom stereocenters. The first-order chi connectivity index (χ1) is 8.81. The minimum atomic E-state index is 0.506. The Morgan fingerprint density at radius 3 is 3.11 bits per heavy atom. The van der Waals surface area contributed by atoms with Gasteiger partial charge in [0.05, 0.1) is 6.61 Å². The molecule has 3 heteroatoms. The number of rotatable bonds is 7. The first kappa shape index (κ1) is 13.7. The Kier molecular flexibility index (Phi) is 5.33. The largest absolute Gasteiger partial charge is 0.493 e. The lowest BCUT2D eigenvalue weighted by Crippen LogP contribution is -2.23. The Bertz CT molecular complexity index is 369. The molecular weight excluding hydrogens is 246 g/mol. The highest BCUT2D eigenvalue weighted by atomic mass is 35.5. The van der Waals surface area contributed by atoms with Gasteiger partial charge in [0, 0.05) is 23.9 Å². The number of fused-ring (bicyclic) bond motifs is 1. The number of hydrogen-bond donors (Lipinski definition) is 1. The molecule has 1 aromatic carbocycles. The Morgan fingerprint density at radius 1 is 1.44 bits per heavy atom. The van der Waals surface area contributed by atoms with Crippen molar-refractivity contribution in [2.24, 2.45) is 5.92 Å². The normalized spacial score (nSPS) is 19.3. The van der Waals surface area contributed by atoms with Crippen LogP contribution >= 0.6 is 11.6 Å². The van der Waals surface area contributed by atoms with Crippen LogP contribution in [0.2, 0.25) is 0 Å². The van der Waals surface area contributed by atoms with Crippen molar-refractivity contribution in [3.8, 4) is 5.75 Å². The maximum Gasteiger partial charge on any atom is 0.122 e. The van der Waals surface area contributed by atoms with Crippen LogP contribution in [0.25, 0.3) is 0 Å². The summed E-state index contributed by atoms with van der Waals surface area (Å²) in [7, 11) is 0. The van der Waals surface area contributed by atoms with E-state index in [1.54, 1.807) is 0 Å². The SMILES string of the molecule is CC(CCl)CCCNCC1COc2ccccc21. The summed E-state index contributed by atoms with van der Waals surface area (Å²) in [6.07, 6.45) is 2.40. The van der Waals surface area contributed by atoms with E-state index in [4.69, 9.17) is 16.3 Å². The smallest absolute Gasteiger partial charge is 0.122 e. The predicted molar refractivity (Wildman–Crippen MR) is 76.7 cm³/mol. The van der Waals surface area contributed by atoms with Crippen molar-refractivity contribution in [1.29, 1.82) is 0 Å². The lowest BCUT2D eigenvalue weighted by atomic mass is 10.0. The summed E-state index contributed by atoms with van der Waals surface area (Å²) >= 11 is 5.79. The number of hydrogen-bond acceptors (Lipinski definition) is 2. The summed E-state index contributed by atoms with van der Waals surface area (Å²) in [6, 6.07) is 8.34. The van der Waals surface area contributed by atoms with Crippen LogP contribution in [-0.4, -0.2) is 25.6 Å². The molecule has 0 fully saturated rings. The van der Waals surface area contributed by atoms with Gasteiger partial charge < -0.3 is 10.1 Å². The summed E-state index contributed by atoms with van der Waals surface area (Å²) in [5.74, 6) is 2.96. The zero-order valence-corrected chi connectivity index (χ0v) is 11.7. The highest BCUT2D eigenvalue weighted by Crippen LogP contribution is 2.32. The minimum absolute atomic E-state index is 0.506. The summed E-state index contributed by atoms with van der Waals surface area (Å²) < 4.78 is 5.67. The topological polar surface area (TPSA) is 21.3 Å². The van der Waals surface area contributed by atoms with E-state index in [1.807, 2.05) is 6.07 Å². The average molecular weight is 268 g/mol. The van der Waals surface area contributed by atoms with Crippen LogP contribution in [0.5, 0.6) is 5.75 Å². The molecule has 0 spiro atoms. The van der Waals surface area contributed by atoms with Gasteiger partial charge in [-0.2, -0.15) is 0 Å². The fourth-order valence-electron chi connectivity index (χ4n) is 2.33. The molecule has 0 aromatic heterocycles. The van der Waals surface area contributed by atoms with Gasteiger partial charge in [0.2, 0.25) is 0 Å². The molecule has 100 valence electrons. The molecular formula is C15H22ClNO. The first-order valence-corrected chi connectivity index (χ1v) is 7.33. The number of benzene rings is 1. The van der Waals surface area contributed by atoms with Crippen LogP contribution < -0.4 is 10.1 Å². The maximum absolute atomic E-state index is 5.79. The van der Waals surface area contributed by atoms with Gasteiger partial charge in [0.1, 0.15) is 5.75 Å². The Hall–Kier alpha value is -0.730. The predicted octanol–water partition coefficient (Wildman–Crippen LogP) is 3.41. The molecule has 0 radical (unpaired) electrons. The van der Waals surface area contributed by atoms with E-state index in [0.29, 0.717) is 11.8 Å². The van der Waals surface area contributed by atoms with E-state index in [2.05, 4.69) is 30.4 Å². The number of nitrogens with one attached hydrogen (secondary N) is 1. The zero-order valence-electron chi connectivity index (χ0n) is 11.0. The zero-order chi connectivity index (χ0) is 12.8. The van der Waals surface area contributed by atoms with Crippen LogP contribution in [0.3, 0.4) is 0 Å². The highest BCUT2D eigenvalue weighted by Gasteiger charge is 2.22. The molecule has 18 heavy (non-hydrogen) atoms. The summed E-state index contributed by atoms with van der Waals surface area (Å²) in [5.41, 5.74) is 1.35. The van der Waals surface area contributed by atoms with Gasteiger partial charge >= 0.3 is 0 Å². The van der Waals surface area contributed by atoms with Crippen molar-refractivity contribution < 1.29 is 4.74 Å². The Balaban J connectivity index is 1.67. The average Bonchev–Trinajstić information content (AvgIpc) is 2.81. The van der Waals surface area contributed by atoms with E-state index in [9.17, 15) is 0 Å². The second kappa shape index (κ2) is 7.01. The molecule has 0 bridgehead atoms. The van der Waals surface area contributed by atoms with Gasteiger partial charge in [-0.3, -0.25) is 0 Å². The van der Waals surface area contributed by atoms with Crippen LogP contribution in [-0.2, 0) is 0 Å². The van der Waals surface area contributed by atoms with Gasteiger partial charge in [-0.1, -0.05) is 25.1 Å². The number of halogens is 1. The lowest BCUT2D eigenvalue weighted by Gasteiger charge is -2.11. The van der Waals surface area contributed by atoms with Crippen molar-refractivity contribution in [2.75, 3.05) is 25.6 Å². The molecule has 0 saturated heterocycles. The minimum Gasteiger partial charge on any atom is -0.493 e. The Labute approximate surface area is 115 Å². The fourth-order valence-corrected chi connectivity index (χ4v) is 2.48. The van der Waals surface area contributed by atoms with Crippen molar-refractivity contribution in [3.05, 3.63) is 29.8 Å². The molecule has 0 saturated carbocycles. The monoisotopic (exact) mass is 267 g/mol. The molecule has 0 amide bonds. The van der Waals surface area contributed by atoms with Gasteiger partial charge in [-0.05, 0) is 31.4 Å². The molecule has 1 heterocycles. The van der Waals surface area contributed by atoms with Crippen LogP contribution in [0.15, 0.2) is 24.3 Å². The fraction of sp³-hybridized carbons (Fsp3) is 0.600. The van der Waals surface area contributed by atoms with Gasteiger partial charge in [0.25, 0.3) is 0 Å². The quantitative estimate of drug-likeness (QED) is 0.604. The van der Waals surface area contributed by atoms with E-state index < -0.39 is 0 Å². The number of para-hydroxylation sites is 1. The van der Waals surface area contributed by atoms with Crippen LogP contribution in [0, 0.1) is 5.92 Å². The standard InChI is InChI=1S/C15H22ClNO/c1-12(9-16)5-4-8-17-10-13-11-18-15-7-3-2-6-14(13)15/h2-3,6-7,12-13,17H,4-5,8-11H2,1H3. The third kappa shape index (κ3) is 3.63. The van der Waals surface area contributed by atoms with E-state index >= 15 is 0 Å². The van der Waals surface area contributed by atoms with Crippen molar-refractivity contribution >= 4 is 11.6 Å². The second-order valence-electron chi connectivity index (χ2n) is 5.15. The van der Waals surface area contributed by atoms with Crippen LogP contribution in [0.4, 0.5) is 0 Å². The third-order valence-corrected chi connectivity index (χ3v) is 4.03. The summed E-state index contributed by atoms with van der Waals surface area (Å²) in [4.78, 5) is 0. The highest BCUT2D eigenvalue weighted by molar-refractivity contribution is 6.18. The second-order valence-corrected chi connectivity index (χ2v) is 5.46. The maximum atomic E-state index is 5.79. The van der Waals surface area contributed by atoms with E-state index in [0.717, 1.165) is 31.3 Å². The lowest BCUT2D eigenvalue weighted by molar-refractivity contribution is 0.326. The molecule has 1 N–H and O–H groups in total. The van der Waals surface area contributed by atoms with Crippen molar-refractivity contribution in [2.45, 2.75) is 25.7 Å². The molecule has 1 aliphatic rings. The van der Waals surface area contributed by atoms with Gasteiger partial charge in [-0.15, -0.1) is 11.6 Å². The van der Waals surface area contributed by atoms with Crippen molar-refractivity contribution in [1.82, 2.24) is 5.32 Å². The molecule has 1 aromatic rings. The summed E-state index contributed by atoms with van der Waals surface area (Å²) in [5, 5.41) is 3.52. The van der Waals surface area contributed by atoms with Gasteiger partial charge in [0.15, 0.2) is 0 Å². The molecule has 0 aliphatic carbocycles. The molecule has 2 atom stereocenters. The van der Waals surface area contributed by atoms with Crippen molar-refractivity contribution in [3.63, 3.8) is 0 Å².